The highest BCUT2D eigenvalue weighted by atomic mass is 32.2. The molecule has 0 aliphatic carbocycles. The summed E-state index contributed by atoms with van der Waals surface area (Å²) in [4.78, 5) is 46.6. The Balaban J connectivity index is 2.22. The molecule has 2 rings (SSSR count). The first-order valence-electron chi connectivity index (χ1n) is 8.68. The van der Waals surface area contributed by atoms with Crippen molar-refractivity contribution in [3.63, 3.8) is 0 Å². The van der Waals surface area contributed by atoms with Crippen LogP contribution in [0.4, 0.5) is 13.6 Å². The van der Waals surface area contributed by atoms with Gasteiger partial charge >= 0.3 is 17.2 Å². The number of carboxylic acids is 1. The second kappa shape index (κ2) is 10.5. The highest BCUT2D eigenvalue weighted by Crippen LogP contribution is 2.30. The first kappa shape index (κ1) is 23.8. The Labute approximate surface area is 179 Å². The number of benzene rings is 2. The van der Waals surface area contributed by atoms with Crippen molar-refractivity contribution >= 4 is 34.9 Å². The predicted molar refractivity (Wildman–Crippen MR) is 107 cm³/mol. The van der Waals surface area contributed by atoms with Gasteiger partial charge in [0.1, 0.15) is 29.5 Å². The maximum atomic E-state index is 14.1. The smallest absolute Gasteiger partial charge is 0.373 e. The van der Waals surface area contributed by atoms with Crippen LogP contribution in [0.15, 0.2) is 36.4 Å². The maximum Gasteiger partial charge on any atom is 0.373 e. The molecule has 0 aliphatic heterocycles. The van der Waals surface area contributed by atoms with Gasteiger partial charge in [-0.15, -0.1) is 0 Å². The fourth-order valence-electron chi connectivity index (χ4n) is 2.40. The van der Waals surface area contributed by atoms with Gasteiger partial charge < -0.3 is 19.9 Å². The van der Waals surface area contributed by atoms with Gasteiger partial charge in [0.2, 0.25) is 5.91 Å². The molecule has 0 spiro atoms. The van der Waals surface area contributed by atoms with E-state index in [1.807, 2.05) is 0 Å². The van der Waals surface area contributed by atoms with E-state index in [2.05, 4.69) is 10.1 Å². The Morgan fingerprint density at radius 2 is 1.84 bits per heavy atom. The first-order valence-corrected chi connectivity index (χ1v) is 9.56. The number of amides is 1. The molecule has 0 fully saturated rings. The van der Waals surface area contributed by atoms with Crippen molar-refractivity contribution in [1.82, 2.24) is 5.32 Å². The van der Waals surface area contributed by atoms with Crippen LogP contribution in [0, 0.1) is 11.6 Å². The number of ether oxygens (including phenoxy) is 2. The van der Waals surface area contributed by atoms with Crippen molar-refractivity contribution in [2.75, 3.05) is 13.7 Å². The number of nitrogens with one attached hydrogen (secondary N) is 1. The summed E-state index contributed by atoms with van der Waals surface area (Å²) in [6.45, 7) is 0.761. The third kappa shape index (κ3) is 6.51. The summed E-state index contributed by atoms with van der Waals surface area (Å²) in [6.07, 6.45) is 0. The first-order chi connectivity index (χ1) is 14.6. The van der Waals surface area contributed by atoms with E-state index >= 15 is 0 Å². The lowest BCUT2D eigenvalue weighted by Crippen LogP contribution is -2.35. The predicted octanol–water partition coefficient (Wildman–Crippen LogP) is 3.24. The summed E-state index contributed by atoms with van der Waals surface area (Å²) in [7, 11) is 1.10. The van der Waals surface area contributed by atoms with Crippen LogP contribution in [0.3, 0.4) is 0 Å². The number of hydrogen-bond donors (Lipinski definition) is 2. The quantitative estimate of drug-likeness (QED) is 0.614. The maximum absolute atomic E-state index is 14.1. The molecule has 0 saturated heterocycles. The van der Waals surface area contributed by atoms with E-state index in [1.54, 1.807) is 0 Å². The fourth-order valence-corrected chi connectivity index (χ4v) is 3.01. The van der Waals surface area contributed by atoms with Gasteiger partial charge in [-0.05, 0) is 48.5 Å². The van der Waals surface area contributed by atoms with E-state index < -0.39 is 46.6 Å². The molecule has 1 atom stereocenters. The molecule has 11 heteroatoms. The Bertz CT molecular complexity index is 1030. The highest BCUT2D eigenvalue weighted by Gasteiger charge is 2.23. The number of methoxy groups -OCH3 is 1. The molecule has 0 aliphatic rings. The number of carbonyl (C=O) groups is 4. The van der Waals surface area contributed by atoms with Gasteiger partial charge in [-0.2, -0.15) is 0 Å². The molecule has 31 heavy (non-hydrogen) atoms. The molecular formula is C20H17F2NO7S. The standard InChI is InChI=1S/C20H17F2NO7S/c1-10(18(26)23-9-17(24)25)31-20(28)30-16-6-3-11(7-14(16)19(27)29-2)13-5-4-12(21)8-15(13)22/h3-8,10H,9H2,1-2H3,(H,23,26)(H,24,25). The number of halogens is 2. The molecule has 2 aromatic rings. The van der Waals surface area contributed by atoms with Crippen molar-refractivity contribution < 1.29 is 42.5 Å². The minimum Gasteiger partial charge on any atom is -0.480 e. The van der Waals surface area contributed by atoms with Gasteiger partial charge in [0.05, 0.1) is 12.4 Å². The highest BCUT2D eigenvalue weighted by molar-refractivity contribution is 8.14. The van der Waals surface area contributed by atoms with Crippen molar-refractivity contribution in [2.24, 2.45) is 0 Å². The van der Waals surface area contributed by atoms with Crippen molar-refractivity contribution in [1.29, 1.82) is 0 Å². The molecule has 0 aromatic heterocycles. The molecule has 2 aromatic carbocycles. The molecule has 1 unspecified atom stereocenters. The Morgan fingerprint density at radius 3 is 2.45 bits per heavy atom. The number of esters is 1. The van der Waals surface area contributed by atoms with E-state index in [0.29, 0.717) is 17.8 Å². The van der Waals surface area contributed by atoms with E-state index in [9.17, 15) is 28.0 Å². The van der Waals surface area contributed by atoms with Crippen LogP contribution in [-0.2, 0) is 14.3 Å². The zero-order valence-electron chi connectivity index (χ0n) is 16.3. The summed E-state index contributed by atoms with van der Waals surface area (Å²) >= 11 is 0.467. The number of carboxylic acid groups (broad SMARTS) is 1. The number of thioether (sulfide) groups is 1. The zero-order chi connectivity index (χ0) is 23.1. The summed E-state index contributed by atoms with van der Waals surface area (Å²) in [5.41, 5.74) is 0.0370. The number of rotatable bonds is 7. The average molecular weight is 453 g/mol. The van der Waals surface area contributed by atoms with Gasteiger partial charge in [-0.1, -0.05) is 6.07 Å². The molecular weight excluding hydrogens is 436 g/mol. The SMILES string of the molecule is COC(=O)c1cc(-c2ccc(F)cc2F)ccc1OC(=O)SC(C)C(=O)NCC(=O)O. The van der Waals surface area contributed by atoms with Crippen LogP contribution >= 0.6 is 11.8 Å². The molecule has 0 heterocycles. The van der Waals surface area contributed by atoms with Crippen LogP contribution < -0.4 is 10.1 Å². The van der Waals surface area contributed by atoms with Gasteiger partial charge in [-0.25, -0.2) is 18.4 Å². The monoisotopic (exact) mass is 453 g/mol. The third-order valence-corrected chi connectivity index (χ3v) is 4.72. The van der Waals surface area contributed by atoms with Crippen molar-refractivity contribution in [2.45, 2.75) is 12.2 Å². The van der Waals surface area contributed by atoms with E-state index in [0.717, 1.165) is 13.2 Å². The van der Waals surface area contributed by atoms with Crippen molar-refractivity contribution in [3.05, 3.63) is 53.6 Å². The van der Waals surface area contributed by atoms with Crippen LogP contribution in [0.1, 0.15) is 17.3 Å². The lowest BCUT2D eigenvalue weighted by atomic mass is 10.0. The molecule has 0 saturated carbocycles. The minimum atomic E-state index is -1.24. The van der Waals surface area contributed by atoms with Crippen molar-refractivity contribution in [3.8, 4) is 16.9 Å². The normalized spacial score (nSPS) is 11.4. The summed E-state index contributed by atoms with van der Waals surface area (Å²) in [5, 5.41) is 8.77. The third-order valence-electron chi connectivity index (χ3n) is 3.88. The van der Waals surface area contributed by atoms with Crippen LogP contribution in [0.25, 0.3) is 11.1 Å². The molecule has 0 radical (unpaired) electrons. The molecule has 164 valence electrons. The molecule has 1 amide bonds. The Morgan fingerprint density at radius 1 is 1.13 bits per heavy atom. The van der Waals surface area contributed by atoms with Crippen LogP contribution in [-0.4, -0.2) is 47.2 Å². The lowest BCUT2D eigenvalue weighted by molar-refractivity contribution is -0.137. The summed E-state index contributed by atoms with van der Waals surface area (Å²) in [5.74, 6) is -4.62. The van der Waals surface area contributed by atoms with Gasteiger partial charge in [0.15, 0.2) is 0 Å². The second-order valence-electron chi connectivity index (χ2n) is 6.05. The molecule has 2 N–H and O–H groups in total. The lowest BCUT2D eigenvalue weighted by Gasteiger charge is -2.13. The zero-order valence-corrected chi connectivity index (χ0v) is 17.1. The Hall–Kier alpha value is -3.47. The minimum absolute atomic E-state index is 0.0162. The summed E-state index contributed by atoms with van der Waals surface area (Å²) in [6, 6.07) is 6.75. The van der Waals surface area contributed by atoms with E-state index in [1.165, 1.54) is 31.2 Å². The largest absolute Gasteiger partial charge is 0.480 e. The number of aliphatic carboxylic acids is 1. The van der Waals surface area contributed by atoms with Crippen LogP contribution in [0.2, 0.25) is 0 Å². The van der Waals surface area contributed by atoms with Crippen LogP contribution in [0.5, 0.6) is 5.75 Å². The van der Waals surface area contributed by atoms with E-state index in [4.69, 9.17) is 9.84 Å². The molecule has 0 bridgehead atoms. The van der Waals surface area contributed by atoms with E-state index in [-0.39, 0.29) is 22.4 Å². The Kier molecular flexibility index (Phi) is 8.08. The number of hydrogen-bond acceptors (Lipinski definition) is 7. The van der Waals surface area contributed by atoms with Gasteiger partial charge in [-0.3, -0.25) is 9.59 Å². The topological polar surface area (TPSA) is 119 Å². The van der Waals surface area contributed by atoms with Gasteiger partial charge in [0.25, 0.3) is 0 Å². The number of carbonyl (C=O) groups excluding carboxylic acids is 3. The second-order valence-corrected chi connectivity index (χ2v) is 7.33. The van der Waals surface area contributed by atoms with Gasteiger partial charge in [0, 0.05) is 11.6 Å². The fraction of sp³-hybridized carbons (Fsp3) is 0.200. The molecule has 8 nitrogen and oxygen atoms in total. The summed E-state index contributed by atoms with van der Waals surface area (Å²) < 4.78 is 37.0. The average Bonchev–Trinajstić information content (AvgIpc) is 2.71.